The molecule has 2 N–H and O–H groups in total. The minimum atomic E-state index is 0.411. The Morgan fingerprint density at radius 3 is 2.79 bits per heavy atom. The van der Waals surface area contributed by atoms with Crippen molar-refractivity contribution in [1.29, 1.82) is 0 Å². The highest BCUT2D eigenvalue weighted by Crippen LogP contribution is 2.25. The predicted octanol–water partition coefficient (Wildman–Crippen LogP) is 1.98. The third-order valence-electron chi connectivity index (χ3n) is 4.38. The molecular weight excluding hydrogens is 236 g/mol. The summed E-state index contributed by atoms with van der Waals surface area (Å²) in [6.07, 6.45) is 6.00. The van der Waals surface area contributed by atoms with E-state index in [0.29, 0.717) is 6.04 Å². The van der Waals surface area contributed by atoms with Crippen LogP contribution in [0.25, 0.3) is 0 Å². The Balaban J connectivity index is 1.45. The number of nitrogens with zero attached hydrogens (tertiary/aromatic N) is 1. The van der Waals surface area contributed by atoms with Crippen LogP contribution in [0.1, 0.15) is 30.4 Å². The van der Waals surface area contributed by atoms with Gasteiger partial charge in [-0.1, -0.05) is 6.07 Å². The van der Waals surface area contributed by atoms with E-state index in [1.165, 1.54) is 30.4 Å². The largest absolute Gasteiger partial charge is 0.492 e. The quantitative estimate of drug-likeness (QED) is 0.899. The second kappa shape index (κ2) is 5.93. The molecule has 0 saturated carbocycles. The minimum Gasteiger partial charge on any atom is -0.492 e. The molecule has 0 spiro atoms. The van der Waals surface area contributed by atoms with Crippen LogP contribution in [0.2, 0.25) is 0 Å². The summed E-state index contributed by atoms with van der Waals surface area (Å²) in [7, 11) is 0. The van der Waals surface area contributed by atoms with Gasteiger partial charge in [-0.15, -0.1) is 0 Å². The van der Waals surface area contributed by atoms with E-state index < -0.39 is 0 Å². The first-order valence-electron chi connectivity index (χ1n) is 7.54. The maximum Gasteiger partial charge on any atom is 0.119 e. The van der Waals surface area contributed by atoms with Gasteiger partial charge in [0, 0.05) is 12.6 Å². The second-order valence-corrected chi connectivity index (χ2v) is 5.81. The molecule has 1 aliphatic carbocycles. The molecule has 104 valence electrons. The van der Waals surface area contributed by atoms with Gasteiger partial charge in [-0.2, -0.15) is 0 Å². The fraction of sp³-hybridized carbons (Fsp3) is 0.625. The number of likely N-dealkylation sites (tertiary alicyclic amines) is 1. The fourth-order valence-corrected chi connectivity index (χ4v) is 3.11. The molecule has 0 bridgehead atoms. The van der Waals surface area contributed by atoms with Gasteiger partial charge in [-0.3, -0.25) is 4.90 Å². The average molecular weight is 260 g/mol. The Kier molecular flexibility index (Phi) is 4.04. The van der Waals surface area contributed by atoms with E-state index in [1.807, 2.05) is 0 Å². The van der Waals surface area contributed by atoms with Crippen molar-refractivity contribution in [1.82, 2.24) is 4.90 Å². The third-order valence-corrected chi connectivity index (χ3v) is 4.38. The molecule has 0 unspecified atom stereocenters. The molecule has 2 aliphatic rings. The van der Waals surface area contributed by atoms with Crippen LogP contribution in [0.15, 0.2) is 18.2 Å². The van der Waals surface area contributed by atoms with Gasteiger partial charge in [0.2, 0.25) is 0 Å². The molecule has 0 aromatic heterocycles. The van der Waals surface area contributed by atoms with Gasteiger partial charge in [-0.25, -0.2) is 0 Å². The lowest BCUT2D eigenvalue weighted by Gasteiger charge is -2.29. The lowest BCUT2D eigenvalue weighted by molar-refractivity contribution is 0.174. The Hall–Kier alpha value is -1.06. The highest BCUT2D eigenvalue weighted by Gasteiger charge is 2.15. The molecule has 0 atom stereocenters. The highest BCUT2D eigenvalue weighted by atomic mass is 16.5. The lowest BCUT2D eigenvalue weighted by Crippen LogP contribution is -2.41. The zero-order chi connectivity index (χ0) is 13.1. The van der Waals surface area contributed by atoms with E-state index in [9.17, 15) is 0 Å². The van der Waals surface area contributed by atoms with E-state index in [1.54, 1.807) is 0 Å². The summed E-state index contributed by atoms with van der Waals surface area (Å²) < 4.78 is 5.89. The van der Waals surface area contributed by atoms with E-state index >= 15 is 0 Å². The van der Waals surface area contributed by atoms with Crippen LogP contribution >= 0.6 is 0 Å². The van der Waals surface area contributed by atoms with Gasteiger partial charge in [0.05, 0.1) is 0 Å². The first-order chi connectivity index (χ1) is 9.31. The zero-order valence-electron chi connectivity index (χ0n) is 11.6. The van der Waals surface area contributed by atoms with Gasteiger partial charge in [0.15, 0.2) is 0 Å². The molecule has 3 nitrogen and oxygen atoms in total. The number of piperidine rings is 1. The number of nitrogens with two attached hydrogens (primary N) is 1. The van der Waals surface area contributed by atoms with Crippen LogP contribution in [0.3, 0.4) is 0 Å². The normalized spacial score (nSPS) is 20.5. The van der Waals surface area contributed by atoms with Crippen molar-refractivity contribution in [3.05, 3.63) is 29.3 Å². The summed E-state index contributed by atoms with van der Waals surface area (Å²) in [5.74, 6) is 1.04. The van der Waals surface area contributed by atoms with Crippen molar-refractivity contribution in [2.75, 3.05) is 26.2 Å². The minimum absolute atomic E-state index is 0.411. The number of benzene rings is 1. The van der Waals surface area contributed by atoms with Crippen LogP contribution in [0.5, 0.6) is 5.75 Å². The van der Waals surface area contributed by atoms with Gasteiger partial charge >= 0.3 is 0 Å². The van der Waals surface area contributed by atoms with Crippen molar-refractivity contribution in [2.24, 2.45) is 5.73 Å². The van der Waals surface area contributed by atoms with Crippen molar-refractivity contribution >= 4 is 0 Å². The molecule has 0 amide bonds. The van der Waals surface area contributed by atoms with Crippen LogP contribution in [0.4, 0.5) is 0 Å². The summed E-state index contributed by atoms with van der Waals surface area (Å²) in [5.41, 5.74) is 8.91. The number of fused-ring (bicyclic) bond motifs is 1. The molecule has 0 radical (unpaired) electrons. The van der Waals surface area contributed by atoms with Crippen LogP contribution in [-0.4, -0.2) is 37.2 Å². The SMILES string of the molecule is NC1CCN(CCOc2ccc3c(c2)CCC3)CC1. The number of hydrogen-bond donors (Lipinski definition) is 1. The molecule has 1 aromatic rings. The first-order valence-corrected chi connectivity index (χ1v) is 7.54. The van der Waals surface area contributed by atoms with Crippen LogP contribution < -0.4 is 10.5 Å². The van der Waals surface area contributed by atoms with Crippen LogP contribution in [-0.2, 0) is 12.8 Å². The maximum absolute atomic E-state index is 5.91. The lowest BCUT2D eigenvalue weighted by atomic mass is 10.1. The summed E-state index contributed by atoms with van der Waals surface area (Å²) in [6, 6.07) is 7.00. The zero-order valence-corrected chi connectivity index (χ0v) is 11.6. The van der Waals surface area contributed by atoms with E-state index in [-0.39, 0.29) is 0 Å². The van der Waals surface area contributed by atoms with Crippen molar-refractivity contribution in [3.8, 4) is 5.75 Å². The maximum atomic E-state index is 5.91. The number of rotatable bonds is 4. The van der Waals surface area contributed by atoms with Gasteiger partial charge < -0.3 is 10.5 Å². The van der Waals surface area contributed by atoms with E-state index in [0.717, 1.165) is 44.8 Å². The van der Waals surface area contributed by atoms with E-state index in [4.69, 9.17) is 10.5 Å². The summed E-state index contributed by atoms with van der Waals surface area (Å²) in [4.78, 5) is 2.46. The molecule has 1 heterocycles. The van der Waals surface area contributed by atoms with Gasteiger partial charge in [0.25, 0.3) is 0 Å². The van der Waals surface area contributed by atoms with E-state index in [2.05, 4.69) is 23.1 Å². The van der Waals surface area contributed by atoms with Crippen molar-refractivity contribution < 1.29 is 4.74 Å². The van der Waals surface area contributed by atoms with Gasteiger partial charge in [-0.05, 0) is 68.5 Å². The molecule has 1 aromatic carbocycles. The summed E-state index contributed by atoms with van der Waals surface area (Å²) in [6.45, 7) is 4.04. The molecule has 19 heavy (non-hydrogen) atoms. The molecule has 1 saturated heterocycles. The van der Waals surface area contributed by atoms with Gasteiger partial charge in [0.1, 0.15) is 12.4 Å². The number of aryl methyl sites for hydroxylation is 2. The molecule has 1 aliphatic heterocycles. The Morgan fingerprint density at radius 2 is 1.95 bits per heavy atom. The van der Waals surface area contributed by atoms with Crippen molar-refractivity contribution in [3.63, 3.8) is 0 Å². The van der Waals surface area contributed by atoms with Crippen molar-refractivity contribution in [2.45, 2.75) is 38.1 Å². The first kappa shape index (κ1) is 12.9. The Labute approximate surface area is 115 Å². The standard InChI is InChI=1S/C16H24N2O/c17-15-6-8-18(9-7-15)10-11-19-16-5-4-13-2-1-3-14(13)12-16/h4-5,12,15H,1-3,6-11,17H2. The smallest absolute Gasteiger partial charge is 0.119 e. The van der Waals surface area contributed by atoms with Crippen LogP contribution in [0, 0.1) is 0 Å². The fourth-order valence-electron chi connectivity index (χ4n) is 3.11. The summed E-state index contributed by atoms with van der Waals surface area (Å²) >= 11 is 0. The third kappa shape index (κ3) is 3.28. The molecule has 3 rings (SSSR count). The number of hydrogen-bond acceptors (Lipinski definition) is 3. The highest BCUT2D eigenvalue weighted by molar-refractivity contribution is 5.38. The molecule has 1 fully saturated rings. The predicted molar refractivity (Wildman–Crippen MR) is 77.6 cm³/mol. The topological polar surface area (TPSA) is 38.5 Å². The second-order valence-electron chi connectivity index (χ2n) is 5.81. The number of ether oxygens (including phenoxy) is 1. The molecular formula is C16H24N2O. The summed E-state index contributed by atoms with van der Waals surface area (Å²) in [5, 5.41) is 0. The average Bonchev–Trinajstić information content (AvgIpc) is 2.88. The Morgan fingerprint density at radius 1 is 1.16 bits per heavy atom. The Bertz CT molecular complexity index is 425. The monoisotopic (exact) mass is 260 g/mol. The molecule has 3 heteroatoms.